The molecule has 1 saturated carbocycles. The minimum absolute atomic E-state index is 0.0814. The van der Waals surface area contributed by atoms with Gasteiger partial charge in [-0.3, -0.25) is 4.79 Å². The van der Waals surface area contributed by atoms with Crippen molar-refractivity contribution < 1.29 is 9.90 Å². The molecule has 0 atom stereocenters. The van der Waals surface area contributed by atoms with Gasteiger partial charge in [-0.25, -0.2) is 0 Å². The van der Waals surface area contributed by atoms with E-state index in [-0.39, 0.29) is 18.1 Å². The first-order chi connectivity index (χ1) is 7.22. The normalized spacial score (nSPS) is 19.9. The Labute approximate surface area is 96.0 Å². The summed E-state index contributed by atoms with van der Waals surface area (Å²) in [6.45, 7) is 0.0814. The van der Waals surface area contributed by atoms with Crippen LogP contribution in [0.25, 0.3) is 0 Å². The Hall–Kier alpha value is -0.220. The van der Waals surface area contributed by atoms with Gasteiger partial charge in [0.05, 0.1) is 12.1 Å². The first-order valence-corrected chi connectivity index (χ1v) is 7.03. The van der Waals surface area contributed by atoms with Gasteiger partial charge >= 0.3 is 0 Å². The lowest BCUT2D eigenvalue weighted by atomic mass is 9.82. The molecule has 2 N–H and O–H groups in total. The van der Waals surface area contributed by atoms with E-state index in [1.54, 1.807) is 11.8 Å². The molecule has 0 radical (unpaired) electrons. The van der Waals surface area contributed by atoms with Crippen molar-refractivity contribution in [3.05, 3.63) is 0 Å². The zero-order valence-electron chi connectivity index (χ0n) is 9.42. The van der Waals surface area contributed by atoms with Crippen LogP contribution in [-0.4, -0.2) is 35.2 Å². The van der Waals surface area contributed by atoms with Crippen LogP contribution in [0, 0.1) is 0 Å². The van der Waals surface area contributed by atoms with Crippen LogP contribution < -0.4 is 5.32 Å². The van der Waals surface area contributed by atoms with Gasteiger partial charge in [-0.05, 0) is 19.1 Å². The van der Waals surface area contributed by atoms with Crippen LogP contribution in [0.4, 0.5) is 0 Å². The Morgan fingerprint density at radius 3 is 2.60 bits per heavy atom. The maximum absolute atomic E-state index is 11.6. The monoisotopic (exact) mass is 231 g/mol. The van der Waals surface area contributed by atoms with Gasteiger partial charge < -0.3 is 10.4 Å². The molecule has 0 spiro atoms. The van der Waals surface area contributed by atoms with Gasteiger partial charge in [-0.2, -0.15) is 11.8 Å². The molecule has 3 nitrogen and oxygen atoms in total. The van der Waals surface area contributed by atoms with Crippen LogP contribution in [0.1, 0.15) is 38.5 Å². The van der Waals surface area contributed by atoms with Gasteiger partial charge in [-0.1, -0.05) is 19.3 Å². The van der Waals surface area contributed by atoms with Gasteiger partial charge in [0.1, 0.15) is 0 Å². The molecule has 1 amide bonds. The SMILES string of the molecule is CSCCC(=O)NC1(CO)CCCCC1. The van der Waals surface area contributed by atoms with Crippen molar-refractivity contribution in [1.29, 1.82) is 0 Å². The topological polar surface area (TPSA) is 49.3 Å². The second-order valence-electron chi connectivity index (χ2n) is 4.29. The Morgan fingerprint density at radius 2 is 2.07 bits per heavy atom. The molecule has 0 unspecified atom stereocenters. The summed E-state index contributed by atoms with van der Waals surface area (Å²) in [6.07, 6.45) is 7.86. The Bertz CT molecular complexity index is 203. The third-order valence-electron chi connectivity index (χ3n) is 3.05. The number of thioether (sulfide) groups is 1. The standard InChI is InChI=1S/C11H21NO2S/c1-15-8-5-10(14)12-11(9-13)6-3-2-4-7-11/h13H,2-9H2,1H3,(H,12,14). The summed E-state index contributed by atoms with van der Waals surface area (Å²) in [5.74, 6) is 0.938. The van der Waals surface area contributed by atoms with Gasteiger partial charge in [0.15, 0.2) is 0 Å². The lowest BCUT2D eigenvalue weighted by Crippen LogP contribution is -2.52. The highest BCUT2D eigenvalue weighted by molar-refractivity contribution is 7.98. The molecule has 0 saturated heterocycles. The lowest BCUT2D eigenvalue weighted by Gasteiger charge is -2.36. The summed E-state index contributed by atoms with van der Waals surface area (Å²) < 4.78 is 0. The zero-order valence-corrected chi connectivity index (χ0v) is 10.2. The molecule has 1 aliphatic carbocycles. The molecule has 1 rings (SSSR count). The van der Waals surface area contributed by atoms with Crippen molar-refractivity contribution in [2.45, 2.75) is 44.1 Å². The molecule has 15 heavy (non-hydrogen) atoms. The van der Waals surface area contributed by atoms with E-state index >= 15 is 0 Å². The number of aliphatic hydroxyl groups is 1. The van der Waals surface area contributed by atoms with Crippen molar-refractivity contribution in [1.82, 2.24) is 5.32 Å². The predicted molar refractivity (Wildman–Crippen MR) is 64.0 cm³/mol. The smallest absolute Gasteiger partial charge is 0.221 e. The van der Waals surface area contributed by atoms with E-state index in [1.165, 1.54) is 6.42 Å². The minimum Gasteiger partial charge on any atom is -0.394 e. The highest BCUT2D eigenvalue weighted by atomic mass is 32.2. The zero-order chi connectivity index (χ0) is 11.1. The molecule has 4 heteroatoms. The lowest BCUT2D eigenvalue weighted by molar-refractivity contribution is -0.123. The van der Waals surface area contributed by atoms with Crippen LogP contribution in [-0.2, 0) is 4.79 Å². The highest BCUT2D eigenvalue weighted by Crippen LogP contribution is 2.27. The van der Waals surface area contributed by atoms with Crippen LogP contribution >= 0.6 is 11.8 Å². The van der Waals surface area contributed by atoms with E-state index in [0.29, 0.717) is 6.42 Å². The van der Waals surface area contributed by atoms with Crippen LogP contribution in [0.15, 0.2) is 0 Å². The third kappa shape index (κ3) is 4.03. The second kappa shape index (κ2) is 6.38. The number of carbonyl (C=O) groups is 1. The number of hydrogen-bond donors (Lipinski definition) is 2. The number of nitrogens with one attached hydrogen (secondary N) is 1. The molecule has 0 bridgehead atoms. The second-order valence-corrected chi connectivity index (χ2v) is 5.28. The van der Waals surface area contributed by atoms with E-state index in [2.05, 4.69) is 5.32 Å². The van der Waals surface area contributed by atoms with E-state index in [1.807, 2.05) is 6.26 Å². The van der Waals surface area contributed by atoms with Crippen LogP contribution in [0.3, 0.4) is 0 Å². The minimum atomic E-state index is -0.312. The van der Waals surface area contributed by atoms with Crippen molar-refractivity contribution >= 4 is 17.7 Å². The fourth-order valence-electron chi connectivity index (χ4n) is 2.10. The summed E-state index contributed by atoms with van der Waals surface area (Å²) in [4.78, 5) is 11.6. The molecule has 0 aliphatic heterocycles. The molecule has 1 aliphatic rings. The first-order valence-electron chi connectivity index (χ1n) is 5.63. The van der Waals surface area contributed by atoms with Gasteiger partial charge in [0.25, 0.3) is 0 Å². The van der Waals surface area contributed by atoms with Crippen molar-refractivity contribution in [2.75, 3.05) is 18.6 Å². The first kappa shape index (κ1) is 12.8. The predicted octanol–water partition coefficient (Wildman–Crippen LogP) is 1.55. The highest BCUT2D eigenvalue weighted by Gasteiger charge is 2.32. The number of rotatable bonds is 5. The molecular formula is C11H21NO2S. The summed E-state index contributed by atoms with van der Waals surface area (Å²) in [5.41, 5.74) is -0.312. The molecule has 0 aromatic carbocycles. The third-order valence-corrected chi connectivity index (χ3v) is 3.66. The van der Waals surface area contributed by atoms with E-state index in [9.17, 15) is 9.90 Å². The number of hydrogen-bond acceptors (Lipinski definition) is 3. The molecule has 0 heterocycles. The fourth-order valence-corrected chi connectivity index (χ4v) is 2.49. The quantitative estimate of drug-likeness (QED) is 0.755. The average molecular weight is 231 g/mol. The number of aliphatic hydroxyl groups excluding tert-OH is 1. The Kier molecular flexibility index (Phi) is 5.47. The molecule has 0 aromatic heterocycles. The van der Waals surface area contributed by atoms with Crippen LogP contribution in [0.5, 0.6) is 0 Å². The fraction of sp³-hybridized carbons (Fsp3) is 0.909. The Balaban J connectivity index is 2.40. The summed E-state index contributed by atoms with van der Waals surface area (Å²) in [5, 5.41) is 12.4. The maximum Gasteiger partial charge on any atom is 0.221 e. The largest absolute Gasteiger partial charge is 0.394 e. The average Bonchev–Trinajstić information content (AvgIpc) is 2.27. The Morgan fingerprint density at radius 1 is 1.40 bits per heavy atom. The molecule has 1 fully saturated rings. The van der Waals surface area contributed by atoms with Gasteiger partial charge in [-0.15, -0.1) is 0 Å². The van der Waals surface area contributed by atoms with E-state index < -0.39 is 0 Å². The van der Waals surface area contributed by atoms with Gasteiger partial charge in [0, 0.05) is 12.2 Å². The summed E-state index contributed by atoms with van der Waals surface area (Å²) >= 11 is 1.68. The van der Waals surface area contributed by atoms with E-state index in [4.69, 9.17) is 0 Å². The maximum atomic E-state index is 11.6. The van der Waals surface area contributed by atoms with Crippen molar-refractivity contribution in [3.63, 3.8) is 0 Å². The number of amides is 1. The molecule has 0 aromatic rings. The van der Waals surface area contributed by atoms with Crippen molar-refractivity contribution in [3.8, 4) is 0 Å². The molecule has 88 valence electrons. The van der Waals surface area contributed by atoms with Crippen LogP contribution in [0.2, 0.25) is 0 Å². The summed E-state index contributed by atoms with van der Waals surface area (Å²) in [7, 11) is 0. The van der Waals surface area contributed by atoms with Gasteiger partial charge in [0.2, 0.25) is 5.91 Å². The molecular weight excluding hydrogens is 210 g/mol. The van der Waals surface area contributed by atoms with Crippen molar-refractivity contribution in [2.24, 2.45) is 0 Å². The number of carbonyl (C=O) groups excluding carboxylic acids is 1. The van der Waals surface area contributed by atoms with E-state index in [0.717, 1.165) is 31.4 Å². The summed E-state index contributed by atoms with van der Waals surface area (Å²) in [6, 6.07) is 0.